The van der Waals surface area contributed by atoms with Crippen LogP contribution in [0.1, 0.15) is 41.5 Å². The van der Waals surface area contributed by atoms with Crippen LogP contribution in [0.3, 0.4) is 0 Å². The summed E-state index contributed by atoms with van der Waals surface area (Å²) >= 11 is 0. The Morgan fingerprint density at radius 3 is 2.25 bits per heavy atom. The van der Waals surface area contributed by atoms with Crippen LogP contribution in [0.15, 0.2) is 5.11 Å². The van der Waals surface area contributed by atoms with Crippen LogP contribution in [0.5, 0.6) is 0 Å². The fourth-order valence-corrected chi connectivity index (χ4v) is 2.20. The Morgan fingerprint density at radius 1 is 1.17 bits per heavy atom. The third kappa shape index (κ3) is 6.64. The van der Waals surface area contributed by atoms with Crippen LogP contribution in [0.4, 0.5) is 4.79 Å². The first-order chi connectivity index (χ1) is 10.9. The van der Waals surface area contributed by atoms with Gasteiger partial charge < -0.3 is 19.5 Å². The molecule has 0 spiro atoms. The first-order valence-corrected chi connectivity index (χ1v) is 7.77. The van der Waals surface area contributed by atoms with Crippen LogP contribution >= 0.6 is 0 Å². The molecule has 9 nitrogen and oxygen atoms in total. The predicted molar refractivity (Wildman–Crippen MR) is 86.2 cm³/mol. The summed E-state index contributed by atoms with van der Waals surface area (Å²) < 4.78 is 15.9. The van der Waals surface area contributed by atoms with E-state index in [1.807, 2.05) is 0 Å². The molecule has 136 valence electrons. The molecule has 0 aromatic heterocycles. The van der Waals surface area contributed by atoms with Crippen molar-refractivity contribution in [3.63, 3.8) is 0 Å². The number of nitrogens with zero attached hydrogens (tertiary/aromatic N) is 3. The average molecular weight is 342 g/mol. The number of nitrogens with one attached hydrogen (secondary N) is 1. The Labute approximate surface area is 141 Å². The predicted octanol–water partition coefficient (Wildman–Crippen LogP) is 2.55. The Bertz CT molecular complexity index is 517. The molecule has 0 saturated carbocycles. The maximum Gasteiger partial charge on any atom is 0.408 e. The second-order valence-corrected chi connectivity index (χ2v) is 7.63. The molecule has 1 N–H and O–H groups in total. The Morgan fingerprint density at radius 2 is 1.75 bits per heavy atom. The lowest BCUT2D eigenvalue weighted by molar-refractivity contribution is -0.159. The lowest BCUT2D eigenvalue weighted by atomic mass is 9.95. The number of hydrogen-bond donors (Lipinski definition) is 1. The maximum atomic E-state index is 12.5. The van der Waals surface area contributed by atoms with Crippen molar-refractivity contribution < 1.29 is 23.8 Å². The van der Waals surface area contributed by atoms with Crippen molar-refractivity contribution in [1.29, 1.82) is 0 Å². The molecule has 1 rings (SSSR count). The van der Waals surface area contributed by atoms with E-state index in [1.54, 1.807) is 41.5 Å². The van der Waals surface area contributed by atoms with Crippen molar-refractivity contribution in [2.24, 2.45) is 11.0 Å². The van der Waals surface area contributed by atoms with Crippen LogP contribution in [0.25, 0.3) is 10.4 Å². The van der Waals surface area contributed by atoms with Crippen LogP contribution in [0, 0.1) is 5.92 Å². The van der Waals surface area contributed by atoms with Crippen LogP contribution in [-0.4, -0.2) is 48.6 Å². The smallest absolute Gasteiger partial charge is 0.408 e. The minimum Gasteiger partial charge on any atom is -0.458 e. The molecule has 1 saturated heterocycles. The van der Waals surface area contributed by atoms with E-state index in [-0.39, 0.29) is 13.2 Å². The molecular weight excluding hydrogens is 316 g/mol. The molecule has 0 unspecified atom stereocenters. The first-order valence-electron chi connectivity index (χ1n) is 7.77. The second-order valence-electron chi connectivity index (χ2n) is 7.63. The molecule has 1 aliphatic heterocycles. The average Bonchev–Trinajstić information content (AvgIpc) is 2.80. The van der Waals surface area contributed by atoms with Crippen LogP contribution in [-0.2, 0) is 19.0 Å². The molecule has 1 aliphatic rings. The summed E-state index contributed by atoms with van der Waals surface area (Å²) in [5, 5.41) is 6.17. The molecule has 0 aromatic carbocycles. The van der Waals surface area contributed by atoms with Gasteiger partial charge in [0.15, 0.2) is 0 Å². The van der Waals surface area contributed by atoms with Gasteiger partial charge >= 0.3 is 12.1 Å². The van der Waals surface area contributed by atoms with E-state index >= 15 is 0 Å². The van der Waals surface area contributed by atoms with Gasteiger partial charge in [-0.25, -0.2) is 9.59 Å². The molecular formula is C15H26N4O5. The maximum absolute atomic E-state index is 12.5. The molecule has 24 heavy (non-hydrogen) atoms. The fourth-order valence-electron chi connectivity index (χ4n) is 2.20. The monoisotopic (exact) mass is 342 g/mol. The van der Waals surface area contributed by atoms with Gasteiger partial charge in [-0.3, -0.25) is 0 Å². The molecule has 9 heteroatoms. The number of amides is 1. The van der Waals surface area contributed by atoms with Crippen LogP contribution in [0.2, 0.25) is 0 Å². The van der Waals surface area contributed by atoms with Gasteiger partial charge in [-0.15, -0.1) is 0 Å². The quantitative estimate of drug-likeness (QED) is 0.364. The van der Waals surface area contributed by atoms with Gasteiger partial charge in [-0.1, -0.05) is 5.11 Å². The minimum atomic E-state index is -1.03. The highest BCUT2D eigenvalue weighted by Crippen LogP contribution is 2.24. The number of carbonyl (C=O) groups is 2. The highest BCUT2D eigenvalue weighted by atomic mass is 16.6. The van der Waals surface area contributed by atoms with E-state index in [4.69, 9.17) is 19.7 Å². The Kier molecular flexibility index (Phi) is 6.45. The standard InChI is InChI=1S/C15H26N4O5/c1-14(2,3)23-12(20)11(17-13(21)24-15(4,5)6)9-7-22-8-10(9)18-19-16/h9-11H,7-8H2,1-6H3,(H,17,21)/t9-,10+,11-/m0/s1. The van der Waals surface area contributed by atoms with Crippen molar-refractivity contribution in [1.82, 2.24) is 5.32 Å². The molecule has 1 amide bonds. The summed E-state index contributed by atoms with van der Waals surface area (Å²) in [5.74, 6) is -1.15. The van der Waals surface area contributed by atoms with Gasteiger partial charge in [-0.2, -0.15) is 0 Å². The Balaban J connectivity index is 2.96. The number of hydrogen-bond acceptors (Lipinski definition) is 6. The molecule has 0 aliphatic carbocycles. The minimum absolute atomic E-state index is 0.170. The topological polar surface area (TPSA) is 123 Å². The number of ether oxygens (including phenoxy) is 3. The highest BCUT2D eigenvalue weighted by molar-refractivity contribution is 5.82. The summed E-state index contributed by atoms with van der Waals surface area (Å²) in [6.07, 6.45) is -0.745. The van der Waals surface area contributed by atoms with E-state index in [0.29, 0.717) is 0 Å². The van der Waals surface area contributed by atoms with Crippen LogP contribution < -0.4 is 5.32 Å². The third-order valence-electron chi connectivity index (χ3n) is 3.05. The van der Waals surface area contributed by atoms with Gasteiger partial charge in [0.05, 0.1) is 19.3 Å². The van der Waals surface area contributed by atoms with Gasteiger partial charge in [0, 0.05) is 10.8 Å². The molecule has 0 bridgehead atoms. The molecule has 0 radical (unpaired) electrons. The lowest BCUT2D eigenvalue weighted by Crippen LogP contribution is -2.52. The summed E-state index contributed by atoms with van der Waals surface area (Å²) in [4.78, 5) is 27.4. The molecule has 0 aromatic rings. The zero-order valence-corrected chi connectivity index (χ0v) is 15.0. The van der Waals surface area contributed by atoms with Crippen molar-refractivity contribution in [2.75, 3.05) is 13.2 Å². The highest BCUT2D eigenvalue weighted by Gasteiger charge is 2.41. The number of rotatable bonds is 4. The lowest BCUT2D eigenvalue weighted by Gasteiger charge is -2.29. The SMILES string of the molecule is CC(C)(C)OC(=O)N[C@H](C(=O)OC(C)(C)C)[C@H]1COC[C@H]1N=[N+]=[N-]. The number of esters is 1. The van der Waals surface area contributed by atoms with Gasteiger partial charge in [0.25, 0.3) is 0 Å². The largest absolute Gasteiger partial charge is 0.458 e. The summed E-state index contributed by atoms with van der Waals surface area (Å²) in [6, 6.07) is -1.60. The summed E-state index contributed by atoms with van der Waals surface area (Å²) in [5.41, 5.74) is 7.23. The van der Waals surface area contributed by atoms with E-state index in [2.05, 4.69) is 15.3 Å². The summed E-state index contributed by atoms with van der Waals surface area (Å²) in [6.45, 7) is 10.7. The summed E-state index contributed by atoms with van der Waals surface area (Å²) in [7, 11) is 0. The van der Waals surface area contributed by atoms with Crippen molar-refractivity contribution in [3.8, 4) is 0 Å². The number of carbonyl (C=O) groups excluding carboxylic acids is 2. The van der Waals surface area contributed by atoms with Gasteiger partial charge in [-0.05, 0) is 47.1 Å². The van der Waals surface area contributed by atoms with E-state index < -0.39 is 41.3 Å². The number of azide groups is 1. The normalized spacial score (nSPS) is 22.2. The van der Waals surface area contributed by atoms with E-state index in [1.165, 1.54) is 0 Å². The zero-order chi connectivity index (χ0) is 18.5. The first kappa shape index (κ1) is 20.1. The molecule has 1 fully saturated rings. The van der Waals surface area contributed by atoms with Crippen molar-refractivity contribution in [2.45, 2.75) is 64.8 Å². The number of alkyl carbamates (subject to hydrolysis) is 1. The van der Waals surface area contributed by atoms with Crippen molar-refractivity contribution in [3.05, 3.63) is 10.4 Å². The molecule has 3 atom stereocenters. The van der Waals surface area contributed by atoms with E-state index in [0.717, 1.165) is 0 Å². The molecule has 1 heterocycles. The van der Waals surface area contributed by atoms with Gasteiger partial charge in [0.2, 0.25) is 0 Å². The Hall–Kier alpha value is -1.99. The van der Waals surface area contributed by atoms with Crippen molar-refractivity contribution >= 4 is 12.1 Å². The third-order valence-corrected chi connectivity index (χ3v) is 3.05. The fraction of sp³-hybridized carbons (Fsp3) is 0.867. The second kappa shape index (κ2) is 7.72. The van der Waals surface area contributed by atoms with Gasteiger partial charge in [0.1, 0.15) is 17.2 Å². The zero-order valence-electron chi connectivity index (χ0n) is 15.0. The van der Waals surface area contributed by atoms with E-state index in [9.17, 15) is 9.59 Å².